The van der Waals surface area contributed by atoms with Crippen molar-refractivity contribution in [1.29, 1.82) is 0 Å². The normalized spacial score (nSPS) is 28.7. The van der Waals surface area contributed by atoms with E-state index in [0.717, 1.165) is 38.1 Å². The molecule has 24 heavy (non-hydrogen) atoms. The number of nitrogens with zero attached hydrogens (tertiary/aromatic N) is 2. The van der Waals surface area contributed by atoms with Crippen LogP contribution in [-0.2, 0) is 26.1 Å². The minimum Gasteiger partial charge on any atom is -0.376 e. The monoisotopic (exact) mass is 337 g/mol. The van der Waals surface area contributed by atoms with Crippen molar-refractivity contribution in [1.82, 2.24) is 14.9 Å². The van der Waals surface area contributed by atoms with Gasteiger partial charge in [0.2, 0.25) is 5.91 Å². The molecule has 3 rings (SSSR count). The Bertz CT molecular complexity index is 542. The van der Waals surface area contributed by atoms with Gasteiger partial charge in [0, 0.05) is 32.7 Å². The minimum absolute atomic E-state index is 0.0823. The molecule has 3 heterocycles. The Morgan fingerprint density at radius 2 is 2.21 bits per heavy atom. The average Bonchev–Trinajstić information content (AvgIpc) is 3.24. The maximum atomic E-state index is 12.5. The van der Waals surface area contributed by atoms with Gasteiger partial charge in [0.15, 0.2) is 0 Å². The SMILES string of the molecule is CC(OCC1CCCO1)C(=O)N[C@H]1CCCO[C@@H]1c1nccn1C. The number of aromatic nitrogens is 2. The number of hydrogen-bond acceptors (Lipinski definition) is 5. The minimum atomic E-state index is -0.502. The average molecular weight is 337 g/mol. The lowest BCUT2D eigenvalue weighted by atomic mass is 10.0. The molecule has 2 aliphatic rings. The second-order valence-corrected chi connectivity index (χ2v) is 6.56. The fourth-order valence-corrected chi connectivity index (χ4v) is 3.24. The molecule has 2 saturated heterocycles. The Hall–Kier alpha value is -1.44. The van der Waals surface area contributed by atoms with E-state index < -0.39 is 6.10 Å². The van der Waals surface area contributed by atoms with E-state index >= 15 is 0 Å². The van der Waals surface area contributed by atoms with Gasteiger partial charge in [0.05, 0.1) is 18.8 Å². The van der Waals surface area contributed by atoms with Crippen LogP contribution in [0.3, 0.4) is 0 Å². The third kappa shape index (κ3) is 4.15. The molecule has 7 heteroatoms. The van der Waals surface area contributed by atoms with Crippen molar-refractivity contribution in [2.75, 3.05) is 19.8 Å². The molecule has 0 bridgehead atoms. The predicted octanol–water partition coefficient (Wildman–Crippen LogP) is 1.34. The molecule has 2 unspecified atom stereocenters. The molecule has 4 atom stereocenters. The fraction of sp³-hybridized carbons (Fsp3) is 0.765. The number of ether oxygens (including phenoxy) is 3. The van der Waals surface area contributed by atoms with E-state index in [9.17, 15) is 4.79 Å². The maximum absolute atomic E-state index is 12.5. The molecule has 0 spiro atoms. The van der Waals surface area contributed by atoms with Crippen LogP contribution in [-0.4, -0.2) is 53.5 Å². The molecule has 7 nitrogen and oxygen atoms in total. The quantitative estimate of drug-likeness (QED) is 0.848. The number of hydrogen-bond donors (Lipinski definition) is 1. The van der Waals surface area contributed by atoms with Crippen molar-refractivity contribution in [3.05, 3.63) is 18.2 Å². The largest absolute Gasteiger partial charge is 0.376 e. The summed E-state index contributed by atoms with van der Waals surface area (Å²) in [4.78, 5) is 16.8. The van der Waals surface area contributed by atoms with Gasteiger partial charge in [-0.25, -0.2) is 4.98 Å². The van der Waals surface area contributed by atoms with Crippen LogP contribution in [0.25, 0.3) is 0 Å². The van der Waals surface area contributed by atoms with E-state index in [-0.39, 0.29) is 24.2 Å². The van der Waals surface area contributed by atoms with E-state index in [4.69, 9.17) is 14.2 Å². The number of aryl methyl sites for hydroxylation is 1. The summed E-state index contributed by atoms with van der Waals surface area (Å²) in [5, 5.41) is 3.08. The van der Waals surface area contributed by atoms with Gasteiger partial charge in [-0.15, -0.1) is 0 Å². The predicted molar refractivity (Wildman–Crippen MR) is 87.5 cm³/mol. The Balaban J connectivity index is 1.54. The third-order valence-corrected chi connectivity index (χ3v) is 4.69. The van der Waals surface area contributed by atoms with Crippen molar-refractivity contribution < 1.29 is 19.0 Å². The number of amides is 1. The summed E-state index contributed by atoms with van der Waals surface area (Å²) in [7, 11) is 1.94. The van der Waals surface area contributed by atoms with Crippen molar-refractivity contribution >= 4 is 5.91 Å². The first-order chi connectivity index (χ1) is 11.6. The Morgan fingerprint density at radius 1 is 1.42 bits per heavy atom. The van der Waals surface area contributed by atoms with Crippen LogP contribution < -0.4 is 5.32 Å². The van der Waals surface area contributed by atoms with E-state index in [1.807, 2.05) is 17.8 Å². The van der Waals surface area contributed by atoms with Crippen LogP contribution in [0, 0.1) is 0 Å². The van der Waals surface area contributed by atoms with Crippen LogP contribution in [0.5, 0.6) is 0 Å². The van der Waals surface area contributed by atoms with Gasteiger partial charge in [-0.2, -0.15) is 0 Å². The molecule has 1 N–H and O–H groups in total. The van der Waals surface area contributed by atoms with Gasteiger partial charge in [-0.05, 0) is 32.6 Å². The first-order valence-electron chi connectivity index (χ1n) is 8.77. The molecule has 0 radical (unpaired) electrons. The van der Waals surface area contributed by atoms with Gasteiger partial charge in [-0.1, -0.05) is 0 Å². The van der Waals surface area contributed by atoms with E-state index in [2.05, 4.69) is 10.3 Å². The number of imidazole rings is 1. The summed E-state index contributed by atoms with van der Waals surface area (Å²) in [5.74, 6) is 0.732. The number of carbonyl (C=O) groups excluding carboxylic acids is 1. The van der Waals surface area contributed by atoms with E-state index in [0.29, 0.717) is 13.2 Å². The highest BCUT2D eigenvalue weighted by molar-refractivity contribution is 5.80. The zero-order valence-electron chi connectivity index (χ0n) is 14.4. The van der Waals surface area contributed by atoms with Crippen LogP contribution in [0.15, 0.2) is 12.4 Å². The molecule has 134 valence electrons. The lowest BCUT2D eigenvalue weighted by Crippen LogP contribution is -2.47. The van der Waals surface area contributed by atoms with E-state index in [1.165, 1.54) is 0 Å². The van der Waals surface area contributed by atoms with Crippen LogP contribution >= 0.6 is 0 Å². The molecular weight excluding hydrogens is 310 g/mol. The van der Waals surface area contributed by atoms with Gasteiger partial charge in [0.25, 0.3) is 0 Å². The maximum Gasteiger partial charge on any atom is 0.249 e. The Kier molecular flexibility index (Phi) is 5.86. The lowest BCUT2D eigenvalue weighted by molar-refractivity contribution is -0.136. The highest BCUT2D eigenvalue weighted by Gasteiger charge is 2.32. The second-order valence-electron chi connectivity index (χ2n) is 6.56. The Morgan fingerprint density at radius 3 is 2.92 bits per heavy atom. The van der Waals surface area contributed by atoms with Crippen LogP contribution in [0.2, 0.25) is 0 Å². The fourth-order valence-electron chi connectivity index (χ4n) is 3.24. The first-order valence-corrected chi connectivity index (χ1v) is 8.77. The zero-order valence-corrected chi connectivity index (χ0v) is 14.4. The highest BCUT2D eigenvalue weighted by Crippen LogP contribution is 2.27. The number of nitrogens with one attached hydrogen (secondary N) is 1. The van der Waals surface area contributed by atoms with Gasteiger partial charge >= 0.3 is 0 Å². The molecule has 0 aliphatic carbocycles. The summed E-state index contributed by atoms with van der Waals surface area (Å²) >= 11 is 0. The summed E-state index contributed by atoms with van der Waals surface area (Å²) in [6.45, 7) is 3.73. The summed E-state index contributed by atoms with van der Waals surface area (Å²) in [5.41, 5.74) is 0. The van der Waals surface area contributed by atoms with Gasteiger partial charge in [0.1, 0.15) is 18.0 Å². The molecule has 1 aromatic rings. The molecular formula is C17H27N3O4. The van der Waals surface area contributed by atoms with Crippen molar-refractivity contribution in [2.24, 2.45) is 7.05 Å². The molecule has 1 aromatic heterocycles. The molecule has 1 amide bonds. The van der Waals surface area contributed by atoms with Crippen molar-refractivity contribution in [3.63, 3.8) is 0 Å². The molecule has 0 saturated carbocycles. The van der Waals surface area contributed by atoms with Crippen LogP contribution in [0.1, 0.15) is 44.5 Å². The molecule has 0 aromatic carbocycles. The third-order valence-electron chi connectivity index (χ3n) is 4.69. The summed E-state index contributed by atoms with van der Waals surface area (Å²) in [6, 6.07) is -0.0823. The highest BCUT2D eigenvalue weighted by atomic mass is 16.5. The molecule has 2 aliphatic heterocycles. The van der Waals surface area contributed by atoms with Gasteiger partial charge in [-0.3, -0.25) is 4.79 Å². The standard InChI is InChI=1S/C17H27N3O4/c1-12(24-11-13-5-3-9-22-13)17(21)19-14-6-4-10-23-15(14)16-18-7-8-20(16)2/h7-8,12-15H,3-6,9-11H2,1-2H3,(H,19,21)/t12?,13?,14-,15-/m0/s1. The topological polar surface area (TPSA) is 74.6 Å². The summed E-state index contributed by atoms with van der Waals surface area (Å²) in [6.07, 6.45) is 6.92. The van der Waals surface area contributed by atoms with E-state index in [1.54, 1.807) is 13.1 Å². The lowest BCUT2D eigenvalue weighted by Gasteiger charge is -2.32. The van der Waals surface area contributed by atoms with Crippen molar-refractivity contribution in [2.45, 2.75) is 57.0 Å². The van der Waals surface area contributed by atoms with Crippen LogP contribution in [0.4, 0.5) is 0 Å². The van der Waals surface area contributed by atoms with Gasteiger partial charge < -0.3 is 24.1 Å². The summed E-state index contributed by atoms with van der Waals surface area (Å²) < 4.78 is 19.0. The van der Waals surface area contributed by atoms with Crippen molar-refractivity contribution in [3.8, 4) is 0 Å². The number of carbonyl (C=O) groups is 1. The second kappa shape index (κ2) is 8.09. The number of rotatable bonds is 6. The zero-order chi connectivity index (χ0) is 16.9. The molecule has 2 fully saturated rings. The Labute approximate surface area is 142 Å². The smallest absolute Gasteiger partial charge is 0.249 e. The first kappa shape index (κ1) is 17.4.